The van der Waals surface area contributed by atoms with Gasteiger partial charge in [-0.05, 0) is 5.92 Å². The fourth-order valence-corrected chi connectivity index (χ4v) is 1.54. The van der Waals surface area contributed by atoms with Gasteiger partial charge in [-0.2, -0.15) is 9.97 Å². The van der Waals surface area contributed by atoms with Gasteiger partial charge >= 0.3 is 0 Å². The van der Waals surface area contributed by atoms with Crippen molar-refractivity contribution in [2.45, 2.75) is 27.3 Å². The Hall–Kier alpha value is -2.18. The van der Waals surface area contributed by atoms with E-state index >= 15 is 0 Å². The minimum Gasteiger partial charge on any atom is -0.476 e. The first kappa shape index (κ1) is 14.2. The van der Waals surface area contributed by atoms with Crippen LogP contribution >= 0.6 is 0 Å². The van der Waals surface area contributed by atoms with Crippen molar-refractivity contribution >= 4 is 5.82 Å². The summed E-state index contributed by atoms with van der Waals surface area (Å²) in [5.74, 6) is 2.83. The molecular weight excluding hydrogens is 258 g/mol. The number of ether oxygens (including phenoxy) is 1. The summed E-state index contributed by atoms with van der Waals surface area (Å²) in [6.45, 7) is 7.05. The van der Waals surface area contributed by atoms with Gasteiger partial charge in [0.2, 0.25) is 11.8 Å². The summed E-state index contributed by atoms with van der Waals surface area (Å²) in [6, 6.07) is 0. The molecule has 0 bridgehead atoms. The molecule has 0 aliphatic rings. The smallest absolute Gasteiger partial charge is 0.234 e. The Morgan fingerprint density at radius 3 is 2.75 bits per heavy atom. The Bertz CT molecular complexity index is 555. The lowest BCUT2D eigenvalue weighted by atomic mass is 10.2. The van der Waals surface area contributed by atoms with Gasteiger partial charge in [-0.1, -0.05) is 19.0 Å². The largest absolute Gasteiger partial charge is 0.476 e. The summed E-state index contributed by atoms with van der Waals surface area (Å²) in [6.07, 6.45) is 3.29. The first-order valence-corrected chi connectivity index (χ1v) is 6.49. The van der Waals surface area contributed by atoms with E-state index in [1.54, 1.807) is 19.3 Å². The highest BCUT2D eigenvalue weighted by atomic mass is 16.5. The van der Waals surface area contributed by atoms with Gasteiger partial charge in [0.15, 0.2) is 11.6 Å². The van der Waals surface area contributed by atoms with E-state index in [-0.39, 0.29) is 0 Å². The van der Waals surface area contributed by atoms with E-state index in [1.807, 2.05) is 11.9 Å². The summed E-state index contributed by atoms with van der Waals surface area (Å²) in [7, 11) is 1.89. The highest BCUT2D eigenvalue weighted by Gasteiger charge is 2.10. The van der Waals surface area contributed by atoms with Gasteiger partial charge in [-0.25, -0.2) is 0 Å². The molecule has 0 fully saturated rings. The maximum Gasteiger partial charge on any atom is 0.234 e. The van der Waals surface area contributed by atoms with Crippen molar-refractivity contribution in [3.05, 3.63) is 24.1 Å². The predicted molar refractivity (Wildman–Crippen MR) is 73.5 cm³/mol. The van der Waals surface area contributed by atoms with Gasteiger partial charge in [0.1, 0.15) is 0 Å². The lowest BCUT2D eigenvalue weighted by Gasteiger charge is -2.16. The molecule has 0 atom stereocenters. The minimum atomic E-state index is 0.445. The quantitative estimate of drug-likeness (QED) is 0.797. The molecular formula is C13H19N5O2. The van der Waals surface area contributed by atoms with E-state index in [4.69, 9.17) is 9.26 Å². The highest BCUT2D eigenvalue weighted by molar-refractivity contribution is 5.36. The van der Waals surface area contributed by atoms with E-state index in [1.165, 1.54) is 0 Å². The predicted octanol–water partition coefficient (Wildman–Crippen LogP) is 1.84. The molecule has 2 aromatic heterocycles. The molecule has 0 aromatic carbocycles. The van der Waals surface area contributed by atoms with Crippen LogP contribution in [0.15, 0.2) is 16.9 Å². The first-order valence-electron chi connectivity index (χ1n) is 6.49. The SMILES string of the molecule is Cc1nc(CN(C)c2cncc(OCC(C)C)n2)no1. The van der Waals surface area contributed by atoms with Gasteiger partial charge in [-0.3, -0.25) is 4.98 Å². The fraction of sp³-hybridized carbons (Fsp3) is 0.538. The topological polar surface area (TPSA) is 77.2 Å². The molecule has 7 heteroatoms. The fourth-order valence-electron chi connectivity index (χ4n) is 1.54. The zero-order valence-electron chi connectivity index (χ0n) is 12.2. The van der Waals surface area contributed by atoms with Crippen LogP contribution in [-0.2, 0) is 6.54 Å². The van der Waals surface area contributed by atoms with Crippen LogP contribution < -0.4 is 9.64 Å². The van der Waals surface area contributed by atoms with Crippen LogP contribution in [0.3, 0.4) is 0 Å². The van der Waals surface area contributed by atoms with Crippen molar-refractivity contribution < 1.29 is 9.26 Å². The molecule has 2 rings (SSSR count). The van der Waals surface area contributed by atoms with Crippen LogP contribution in [0.2, 0.25) is 0 Å². The molecule has 0 unspecified atom stereocenters. The van der Waals surface area contributed by atoms with Gasteiger partial charge in [0.05, 0.1) is 25.5 Å². The van der Waals surface area contributed by atoms with Gasteiger partial charge in [-0.15, -0.1) is 0 Å². The Kier molecular flexibility index (Phi) is 4.49. The van der Waals surface area contributed by atoms with Crippen molar-refractivity contribution in [3.8, 4) is 5.88 Å². The van der Waals surface area contributed by atoms with Crippen molar-refractivity contribution in [1.82, 2.24) is 20.1 Å². The second-order valence-electron chi connectivity index (χ2n) is 5.01. The van der Waals surface area contributed by atoms with Crippen LogP contribution in [0.5, 0.6) is 5.88 Å². The van der Waals surface area contributed by atoms with E-state index in [2.05, 4.69) is 34.0 Å². The van der Waals surface area contributed by atoms with Crippen molar-refractivity contribution in [3.63, 3.8) is 0 Å². The summed E-state index contributed by atoms with van der Waals surface area (Å²) in [4.78, 5) is 14.6. The Balaban J connectivity index is 2.02. The van der Waals surface area contributed by atoms with Gasteiger partial charge in [0, 0.05) is 14.0 Å². The molecule has 0 radical (unpaired) electrons. The third-order valence-corrected chi connectivity index (χ3v) is 2.50. The second-order valence-corrected chi connectivity index (χ2v) is 5.01. The van der Waals surface area contributed by atoms with E-state index in [0.717, 1.165) is 0 Å². The summed E-state index contributed by atoms with van der Waals surface area (Å²) in [5.41, 5.74) is 0. The maximum atomic E-state index is 5.56. The molecule has 7 nitrogen and oxygen atoms in total. The molecule has 0 aliphatic heterocycles. The minimum absolute atomic E-state index is 0.445. The molecule has 20 heavy (non-hydrogen) atoms. The molecule has 0 spiro atoms. The third kappa shape index (κ3) is 3.91. The molecule has 108 valence electrons. The Labute approximate surface area is 118 Å². The first-order chi connectivity index (χ1) is 9.54. The molecule has 0 aliphatic carbocycles. The lowest BCUT2D eigenvalue weighted by Crippen LogP contribution is -2.19. The molecule has 0 amide bonds. The summed E-state index contributed by atoms with van der Waals surface area (Å²) >= 11 is 0. The average molecular weight is 277 g/mol. The number of hydrogen-bond acceptors (Lipinski definition) is 7. The average Bonchev–Trinajstić information content (AvgIpc) is 2.82. The molecule has 0 saturated heterocycles. The van der Waals surface area contributed by atoms with E-state index in [0.29, 0.717) is 42.5 Å². The zero-order valence-corrected chi connectivity index (χ0v) is 12.2. The maximum absolute atomic E-state index is 5.56. The standard InChI is InChI=1S/C13H19N5O2/c1-9(2)8-19-13-6-14-5-12(16-13)18(4)7-11-15-10(3)20-17-11/h5-6,9H,7-8H2,1-4H3. The van der Waals surface area contributed by atoms with Crippen LogP contribution in [0.1, 0.15) is 25.6 Å². The Morgan fingerprint density at radius 1 is 1.30 bits per heavy atom. The summed E-state index contributed by atoms with van der Waals surface area (Å²) in [5, 5.41) is 3.86. The van der Waals surface area contributed by atoms with Crippen LogP contribution in [-0.4, -0.2) is 33.8 Å². The lowest BCUT2D eigenvalue weighted by molar-refractivity contribution is 0.260. The van der Waals surface area contributed by atoms with Crippen LogP contribution in [0.25, 0.3) is 0 Å². The van der Waals surface area contributed by atoms with Crippen molar-refractivity contribution in [1.29, 1.82) is 0 Å². The Morgan fingerprint density at radius 2 is 2.10 bits per heavy atom. The normalized spacial score (nSPS) is 10.8. The summed E-state index contributed by atoms with van der Waals surface area (Å²) < 4.78 is 10.5. The van der Waals surface area contributed by atoms with Gasteiger partial charge < -0.3 is 14.2 Å². The number of aryl methyl sites for hydroxylation is 1. The highest BCUT2D eigenvalue weighted by Crippen LogP contribution is 2.15. The second kappa shape index (κ2) is 6.31. The molecule has 0 N–H and O–H groups in total. The number of anilines is 1. The van der Waals surface area contributed by atoms with Gasteiger partial charge in [0.25, 0.3) is 0 Å². The van der Waals surface area contributed by atoms with Crippen molar-refractivity contribution in [2.75, 3.05) is 18.6 Å². The molecule has 2 heterocycles. The third-order valence-electron chi connectivity index (χ3n) is 2.50. The van der Waals surface area contributed by atoms with E-state index < -0.39 is 0 Å². The number of hydrogen-bond donors (Lipinski definition) is 0. The number of nitrogens with zero attached hydrogens (tertiary/aromatic N) is 5. The van der Waals surface area contributed by atoms with Crippen LogP contribution in [0.4, 0.5) is 5.82 Å². The molecule has 2 aromatic rings. The monoisotopic (exact) mass is 277 g/mol. The van der Waals surface area contributed by atoms with Crippen molar-refractivity contribution in [2.24, 2.45) is 5.92 Å². The number of aromatic nitrogens is 4. The zero-order chi connectivity index (χ0) is 14.5. The van der Waals surface area contributed by atoms with E-state index in [9.17, 15) is 0 Å². The number of rotatable bonds is 6. The molecule has 0 saturated carbocycles. The van der Waals surface area contributed by atoms with Crippen LogP contribution in [0, 0.1) is 12.8 Å².